The number of aromatic nitrogens is 1. The number of hydrogen-bond donors (Lipinski definition) is 1. The summed E-state index contributed by atoms with van der Waals surface area (Å²) in [5, 5.41) is 10.5. The van der Waals surface area contributed by atoms with Gasteiger partial charge in [0.05, 0.1) is 0 Å². The highest BCUT2D eigenvalue weighted by molar-refractivity contribution is 9.10. The van der Waals surface area contributed by atoms with E-state index < -0.39 is 0 Å². The van der Waals surface area contributed by atoms with E-state index >= 15 is 0 Å². The topological polar surface area (TPSA) is 25.2 Å². The van der Waals surface area contributed by atoms with E-state index in [4.69, 9.17) is 0 Å². The average Bonchev–Trinajstić information content (AvgIpc) is 2.84. The number of rotatable bonds is 2. The van der Waals surface area contributed by atoms with Crippen molar-refractivity contribution < 1.29 is 5.11 Å². The molecule has 1 aliphatic rings. The summed E-state index contributed by atoms with van der Waals surface area (Å²) in [6.45, 7) is 0.352. The Bertz CT molecular complexity index is 540. The molecule has 18 heavy (non-hydrogen) atoms. The van der Waals surface area contributed by atoms with E-state index in [1.165, 1.54) is 28.2 Å². The summed E-state index contributed by atoms with van der Waals surface area (Å²) in [5.74, 6) is 0.523. The van der Waals surface area contributed by atoms with Crippen LogP contribution in [0.4, 0.5) is 0 Å². The lowest BCUT2D eigenvalue weighted by molar-refractivity contribution is 0.170. The van der Waals surface area contributed by atoms with Gasteiger partial charge >= 0.3 is 0 Å². The maximum atomic E-state index is 9.20. The second-order valence-corrected chi connectivity index (χ2v) is 6.11. The van der Waals surface area contributed by atoms with Crippen LogP contribution in [-0.2, 0) is 0 Å². The molecular formula is C15H18BrNO. The minimum Gasteiger partial charge on any atom is -0.396 e. The molecule has 1 heterocycles. The van der Waals surface area contributed by atoms with Crippen LogP contribution < -0.4 is 0 Å². The second kappa shape index (κ2) is 5.06. The van der Waals surface area contributed by atoms with Crippen molar-refractivity contribution in [2.75, 3.05) is 6.61 Å². The minimum absolute atomic E-state index is 0.352. The fourth-order valence-electron chi connectivity index (χ4n) is 3.07. The minimum atomic E-state index is 0.352. The molecule has 0 radical (unpaired) electrons. The Morgan fingerprint density at radius 2 is 1.94 bits per heavy atom. The molecule has 1 aromatic carbocycles. The highest BCUT2D eigenvalue weighted by Crippen LogP contribution is 2.35. The van der Waals surface area contributed by atoms with Crippen LogP contribution >= 0.6 is 15.9 Å². The molecule has 2 aromatic rings. The second-order valence-electron chi connectivity index (χ2n) is 5.25. The van der Waals surface area contributed by atoms with Crippen molar-refractivity contribution in [1.29, 1.82) is 0 Å². The zero-order valence-corrected chi connectivity index (χ0v) is 11.9. The molecule has 3 rings (SSSR count). The highest BCUT2D eigenvalue weighted by Gasteiger charge is 2.22. The van der Waals surface area contributed by atoms with Gasteiger partial charge in [0.15, 0.2) is 0 Å². The van der Waals surface area contributed by atoms with Crippen LogP contribution in [0.15, 0.2) is 34.9 Å². The van der Waals surface area contributed by atoms with Crippen LogP contribution in [-0.4, -0.2) is 16.3 Å². The van der Waals surface area contributed by atoms with Gasteiger partial charge in [-0.1, -0.05) is 22.0 Å². The monoisotopic (exact) mass is 307 g/mol. The van der Waals surface area contributed by atoms with E-state index in [9.17, 15) is 5.11 Å². The molecule has 0 amide bonds. The Morgan fingerprint density at radius 3 is 2.67 bits per heavy atom. The summed E-state index contributed by atoms with van der Waals surface area (Å²) in [4.78, 5) is 0. The molecule has 1 aliphatic carbocycles. The lowest BCUT2D eigenvalue weighted by Crippen LogP contribution is -2.19. The third-order valence-electron chi connectivity index (χ3n) is 4.18. The van der Waals surface area contributed by atoms with Crippen LogP contribution in [0, 0.1) is 5.92 Å². The summed E-state index contributed by atoms with van der Waals surface area (Å²) in [7, 11) is 0. The highest BCUT2D eigenvalue weighted by atomic mass is 79.9. The number of hydrogen-bond acceptors (Lipinski definition) is 1. The van der Waals surface area contributed by atoms with Gasteiger partial charge in [0.1, 0.15) is 0 Å². The fraction of sp³-hybridized carbons (Fsp3) is 0.467. The number of aliphatic hydroxyl groups excluding tert-OH is 1. The van der Waals surface area contributed by atoms with E-state index in [-0.39, 0.29) is 0 Å². The Labute approximate surface area is 116 Å². The van der Waals surface area contributed by atoms with E-state index in [0.717, 1.165) is 12.8 Å². The van der Waals surface area contributed by atoms with E-state index in [1.807, 2.05) is 0 Å². The summed E-state index contributed by atoms with van der Waals surface area (Å²) >= 11 is 3.61. The Balaban J connectivity index is 1.89. The lowest BCUT2D eigenvalue weighted by atomic mass is 9.86. The number of halogens is 1. The molecule has 0 unspecified atom stereocenters. The first kappa shape index (κ1) is 12.2. The summed E-state index contributed by atoms with van der Waals surface area (Å²) in [5.41, 5.74) is 1.32. The Morgan fingerprint density at radius 1 is 1.17 bits per heavy atom. The molecule has 1 aromatic heterocycles. The van der Waals surface area contributed by atoms with Crippen molar-refractivity contribution in [1.82, 2.24) is 4.57 Å². The number of nitrogens with zero attached hydrogens (tertiary/aromatic N) is 1. The predicted octanol–water partition coefficient (Wildman–Crippen LogP) is 4.13. The van der Waals surface area contributed by atoms with Gasteiger partial charge in [-0.2, -0.15) is 0 Å². The van der Waals surface area contributed by atoms with Gasteiger partial charge in [0, 0.05) is 34.2 Å². The van der Waals surface area contributed by atoms with Crippen molar-refractivity contribution >= 4 is 26.8 Å². The summed E-state index contributed by atoms with van der Waals surface area (Å²) in [6.07, 6.45) is 6.87. The SMILES string of the molecule is OCC1CCC(n2ccc3c(Br)cccc32)CC1. The van der Waals surface area contributed by atoms with Crippen LogP contribution in [0.3, 0.4) is 0 Å². The van der Waals surface area contributed by atoms with E-state index in [2.05, 4.69) is 51.0 Å². The average molecular weight is 308 g/mol. The van der Waals surface area contributed by atoms with Gasteiger partial charge in [-0.25, -0.2) is 0 Å². The first-order valence-corrected chi connectivity index (χ1v) is 7.45. The zero-order valence-electron chi connectivity index (χ0n) is 10.3. The number of fused-ring (bicyclic) bond motifs is 1. The molecule has 1 saturated carbocycles. The van der Waals surface area contributed by atoms with Gasteiger partial charge in [-0.15, -0.1) is 0 Å². The molecule has 0 aliphatic heterocycles. The molecule has 2 nitrogen and oxygen atoms in total. The van der Waals surface area contributed by atoms with Crippen LogP contribution in [0.1, 0.15) is 31.7 Å². The third kappa shape index (κ3) is 2.10. The Hall–Kier alpha value is -0.800. The normalized spacial score (nSPS) is 24.6. The smallest absolute Gasteiger partial charge is 0.0494 e. The van der Waals surface area contributed by atoms with Gasteiger partial charge in [-0.3, -0.25) is 0 Å². The van der Waals surface area contributed by atoms with Crippen molar-refractivity contribution in [3.63, 3.8) is 0 Å². The lowest BCUT2D eigenvalue weighted by Gasteiger charge is -2.29. The molecule has 0 atom stereocenters. The molecule has 3 heteroatoms. The van der Waals surface area contributed by atoms with Gasteiger partial charge < -0.3 is 9.67 Å². The maximum absolute atomic E-state index is 9.20. The van der Waals surface area contributed by atoms with Crippen LogP contribution in [0.25, 0.3) is 10.9 Å². The number of benzene rings is 1. The van der Waals surface area contributed by atoms with E-state index in [1.54, 1.807) is 0 Å². The Kier molecular flexibility index (Phi) is 3.44. The maximum Gasteiger partial charge on any atom is 0.0494 e. The summed E-state index contributed by atoms with van der Waals surface area (Å²) < 4.78 is 3.58. The summed E-state index contributed by atoms with van der Waals surface area (Å²) in [6, 6.07) is 9.17. The molecule has 96 valence electrons. The van der Waals surface area contributed by atoms with Crippen molar-refractivity contribution in [2.45, 2.75) is 31.7 Å². The van der Waals surface area contributed by atoms with Gasteiger partial charge in [-0.05, 0) is 49.8 Å². The molecule has 1 fully saturated rings. The fourth-order valence-corrected chi connectivity index (χ4v) is 3.56. The van der Waals surface area contributed by atoms with Crippen LogP contribution in [0.5, 0.6) is 0 Å². The third-order valence-corrected chi connectivity index (χ3v) is 4.87. The zero-order chi connectivity index (χ0) is 12.5. The first-order chi connectivity index (χ1) is 8.79. The molecule has 1 N–H and O–H groups in total. The van der Waals surface area contributed by atoms with Crippen molar-refractivity contribution in [2.24, 2.45) is 5.92 Å². The van der Waals surface area contributed by atoms with Crippen molar-refractivity contribution in [3.8, 4) is 0 Å². The standard InChI is InChI=1S/C15H18BrNO/c16-14-2-1-3-15-13(14)8-9-17(15)12-6-4-11(10-18)5-7-12/h1-3,8-9,11-12,18H,4-7,10H2. The largest absolute Gasteiger partial charge is 0.396 e. The number of aliphatic hydroxyl groups is 1. The van der Waals surface area contributed by atoms with Gasteiger partial charge in [0.25, 0.3) is 0 Å². The quantitative estimate of drug-likeness (QED) is 0.886. The molecule has 0 spiro atoms. The predicted molar refractivity (Wildman–Crippen MR) is 77.7 cm³/mol. The molecule has 0 saturated heterocycles. The molecule has 0 bridgehead atoms. The first-order valence-electron chi connectivity index (χ1n) is 6.65. The molecular weight excluding hydrogens is 290 g/mol. The van der Waals surface area contributed by atoms with E-state index in [0.29, 0.717) is 18.6 Å². The van der Waals surface area contributed by atoms with Crippen LogP contribution in [0.2, 0.25) is 0 Å². The van der Waals surface area contributed by atoms with Gasteiger partial charge in [0.2, 0.25) is 0 Å². The van der Waals surface area contributed by atoms with Crippen molar-refractivity contribution in [3.05, 3.63) is 34.9 Å².